The summed E-state index contributed by atoms with van der Waals surface area (Å²) >= 11 is 0. The van der Waals surface area contributed by atoms with E-state index in [9.17, 15) is 4.39 Å². The van der Waals surface area contributed by atoms with E-state index >= 15 is 0 Å². The van der Waals surface area contributed by atoms with Crippen molar-refractivity contribution in [3.63, 3.8) is 0 Å². The average molecular weight is 167 g/mol. The number of hydrogen-bond donors (Lipinski definition) is 0. The second kappa shape index (κ2) is 3.19. The standard InChI is InChI=1S/C9H10FNO/c10-8-1-3-11-9(5-8)7-2-4-12-6-7/h1,3,5,7H,2,4,6H2. The van der Waals surface area contributed by atoms with Gasteiger partial charge in [0.15, 0.2) is 0 Å². The molecule has 2 heterocycles. The van der Waals surface area contributed by atoms with Crippen molar-refractivity contribution in [2.24, 2.45) is 0 Å². The van der Waals surface area contributed by atoms with Gasteiger partial charge in [0, 0.05) is 24.4 Å². The monoisotopic (exact) mass is 167 g/mol. The Balaban J connectivity index is 2.21. The fourth-order valence-electron chi connectivity index (χ4n) is 1.41. The van der Waals surface area contributed by atoms with Crippen molar-refractivity contribution >= 4 is 0 Å². The van der Waals surface area contributed by atoms with E-state index in [1.54, 1.807) is 0 Å². The molecule has 0 aromatic carbocycles. The molecule has 64 valence electrons. The van der Waals surface area contributed by atoms with Crippen LogP contribution in [0.5, 0.6) is 0 Å². The van der Waals surface area contributed by atoms with Gasteiger partial charge in [-0.2, -0.15) is 0 Å². The lowest BCUT2D eigenvalue weighted by Crippen LogP contribution is -2.00. The van der Waals surface area contributed by atoms with Crippen LogP contribution in [0.3, 0.4) is 0 Å². The molecule has 0 amide bonds. The Labute approximate surface area is 70.4 Å². The van der Waals surface area contributed by atoms with E-state index in [4.69, 9.17) is 4.74 Å². The lowest BCUT2D eigenvalue weighted by molar-refractivity contribution is 0.193. The molecule has 0 spiro atoms. The Morgan fingerprint density at radius 1 is 1.58 bits per heavy atom. The number of halogens is 1. The third kappa shape index (κ3) is 1.46. The van der Waals surface area contributed by atoms with Crippen LogP contribution in [-0.2, 0) is 4.74 Å². The van der Waals surface area contributed by atoms with Crippen molar-refractivity contribution in [3.05, 3.63) is 29.8 Å². The Morgan fingerprint density at radius 3 is 3.17 bits per heavy atom. The number of rotatable bonds is 1. The normalized spacial score (nSPS) is 22.9. The summed E-state index contributed by atoms with van der Waals surface area (Å²) in [6, 6.07) is 2.85. The van der Waals surface area contributed by atoms with Gasteiger partial charge in [0.25, 0.3) is 0 Å². The molecule has 1 aliphatic rings. The molecular weight excluding hydrogens is 157 g/mol. The summed E-state index contributed by atoms with van der Waals surface area (Å²) in [5.74, 6) is 0.0765. The minimum Gasteiger partial charge on any atom is -0.381 e. The lowest BCUT2D eigenvalue weighted by atomic mass is 10.0. The average Bonchev–Trinajstić information content (AvgIpc) is 2.56. The van der Waals surface area contributed by atoms with Crippen LogP contribution in [0.15, 0.2) is 18.3 Å². The van der Waals surface area contributed by atoms with Gasteiger partial charge >= 0.3 is 0 Å². The smallest absolute Gasteiger partial charge is 0.126 e. The van der Waals surface area contributed by atoms with Crippen LogP contribution >= 0.6 is 0 Å². The topological polar surface area (TPSA) is 22.1 Å². The highest BCUT2D eigenvalue weighted by molar-refractivity contribution is 5.11. The predicted molar refractivity (Wildman–Crippen MR) is 42.4 cm³/mol. The molecule has 1 aromatic heterocycles. The van der Waals surface area contributed by atoms with Gasteiger partial charge in [0.1, 0.15) is 5.82 Å². The fourth-order valence-corrected chi connectivity index (χ4v) is 1.41. The van der Waals surface area contributed by atoms with Crippen LogP contribution < -0.4 is 0 Å². The Hall–Kier alpha value is -0.960. The summed E-state index contributed by atoms with van der Waals surface area (Å²) in [5.41, 5.74) is 0.812. The van der Waals surface area contributed by atoms with Crippen LogP contribution in [0.1, 0.15) is 18.0 Å². The van der Waals surface area contributed by atoms with E-state index in [2.05, 4.69) is 4.98 Å². The molecule has 0 radical (unpaired) electrons. The maximum atomic E-state index is 12.7. The molecule has 2 nitrogen and oxygen atoms in total. The Kier molecular flexibility index (Phi) is 2.04. The third-order valence-electron chi connectivity index (χ3n) is 2.09. The zero-order valence-electron chi connectivity index (χ0n) is 6.66. The number of ether oxygens (including phenoxy) is 1. The second-order valence-corrected chi connectivity index (χ2v) is 2.96. The zero-order valence-corrected chi connectivity index (χ0v) is 6.66. The van der Waals surface area contributed by atoms with E-state index in [0.29, 0.717) is 12.5 Å². The van der Waals surface area contributed by atoms with Gasteiger partial charge in [0.2, 0.25) is 0 Å². The first-order chi connectivity index (χ1) is 5.86. The molecule has 1 unspecified atom stereocenters. The number of pyridine rings is 1. The van der Waals surface area contributed by atoms with Crippen molar-refractivity contribution in [3.8, 4) is 0 Å². The minimum absolute atomic E-state index is 0.216. The van der Waals surface area contributed by atoms with E-state index in [1.165, 1.54) is 18.3 Å². The molecule has 0 saturated carbocycles. The second-order valence-electron chi connectivity index (χ2n) is 2.96. The van der Waals surface area contributed by atoms with E-state index in [0.717, 1.165) is 18.7 Å². The van der Waals surface area contributed by atoms with Gasteiger partial charge in [-0.05, 0) is 18.6 Å². The minimum atomic E-state index is -0.216. The van der Waals surface area contributed by atoms with Gasteiger partial charge in [0.05, 0.1) is 6.61 Å². The highest BCUT2D eigenvalue weighted by atomic mass is 19.1. The van der Waals surface area contributed by atoms with Crippen LogP contribution in [0, 0.1) is 5.82 Å². The van der Waals surface area contributed by atoms with Gasteiger partial charge in [-0.1, -0.05) is 0 Å². The lowest BCUT2D eigenvalue weighted by Gasteiger charge is -2.05. The predicted octanol–water partition coefficient (Wildman–Crippen LogP) is 1.72. The molecular formula is C9H10FNO. The summed E-state index contributed by atoms with van der Waals surface area (Å²) in [7, 11) is 0. The largest absolute Gasteiger partial charge is 0.381 e. The molecule has 0 bridgehead atoms. The molecule has 1 aliphatic heterocycles. The molecule has 0 aliphatic carbocycles. The Morgan fingerprint density at radius 2 is 2.50 bits per heavy atom. The number of nitrogens with zero attached hydrogens (tertiary/aromatic N) is 1. The van der Waals surface area contributed by atoms with Crippen molar-refractivity contribution in [1.29, 1.82) is 0 Å². The summed E-state index contributed by atoms with van der Waals surface area (Å²) in [4.78, 5) is 4.10. The van der Waals surface area contributed by atoms with Gasteiger partial charge in [-0.15, -0.1) is 0 Å². The van der Waals surface area contributed by atoms with E-state index < -0.39 is 0 Å². The highest BCUT2D eigenvalue weighted by Crippen LogP contribution is 2.23. The van der Waals surface area contributed by atoms with Crippen molar-refractivity contribution in [2.45, 2.75) is 12.3 Å². The Bertz CT molecular complexity index is 271. The first kappa shape index (κ1) is 7.68. The molecule has 0 N–H and O–H groups in total. The van der Waals surface area contributed by atoms with Gasteiger partial charge < -0.3 is 4.74 Å². The molecule has 1 aromatic rings. The van der Waals surface area contributed by atoms with Gasteiger partial charge in [-0.3, -0.25) is 4.98 Å². The van der Waals surface area contributed by atoms with Crippen LogP contribution in [0.25, 0.3) is 0 Å². The quantitative estimate of drug-likeness (QED) is 0.635. The first-order valence-electron chi connectivity index (χ1n) is 4.05. The van der Waals surface area contributed by atoms with Crippen molar-refractivity contribution in [1.82, 2.24) is 4.98 Å². The summed E-state index contributed by atoms with van der Waals surface area (Å²) in [5, 5.41) is 0. The number of hydrogen-bond acceptors (Lipinski definition) is 2. The highest BCUT2D eigenvalue weighted by Gasteiger charge is 2.18. The van der Waals surface area contributed by atoms with Crippen LogP contribution in [0.4, 0.5) is 4.39 Å². The zero-order chi connectivity index (χ0) is 8.39. The maximum Gasteiger partial charge on any atom is 0.126 e. The maximum absolute atomic E-state index is 12.7. The fraction of sp³-hybridized carbons (Fsp3) is 0.444. The summed E-state index contributed by atoms with van der Waals surface area (Å²) in [6.07, 6.45) is 2.46. The van der Waals surface area contributed by atoms with Crippen LogP contribution in [0.2, 0.25) is 0 Å². The van der Waals surface area contributed by atoms with Crippen molar-refractivity contribution in [2.75, 3.05) is 13.2 Å². The van der Waals surface area contributed by atoms with E-state index in [1.807, 2.05) is 0 Å². The number of aromatic nitrogens is 1. The molecule has 1 fully saturated rings. The molecule has 1 atom stereocenters. The molecule has 3 heteroatoms. The first-order valence-corrected chi connectivity index (χ1v) is 4.05. The van der Waals surface area contributed by atoms with Crippen molar-refractivity contribution < 1.29 is 9.13 Å². The SMILES string of the molecule is Fc1ccnc(C2CCOC2)c1. The van der Waals surface area contributed by atoms with E-state index in [-0.39, 0.29) is 5.82 Å². The summed E-state index contributed by atoms with van der Waals surface area (Å²) < 4.78 is 17.9. The molecule has 1 saturated heterocycles. The third-order valence-corrected chi connectivity index (χ3v) is 2.09. The molecule has 2 rings (SSSR count). The van der Waals surface area contributed by atoms with Crippen LogP contribution in [-0.4, -0.2) is 18.2 Å². The van der Waals surface area contributed by atoms with Gasteiger partial charge in [-0.25, -0.2) is 4.39 Å². The summed E-state index contributed by atoms with van der Waals surface area (Å²) in [6.45, 7) is 1.44. The molecule has 12 heavy (non-hydrogen) atoms.